The van der Waals surface area contributed by atoms with E-state index in [9.17, 15) is 18.8 Å². The molecular weight excluding hydrogens is 467 g/mol. The Labute approximate surface area is 199 Å². The zero-order valence-corrected chi connectivity index (χ0v) is 19.2. The first kappa shape index (κ1) is 24.7. The molecule has 11 heteroatoms. The van der Waals surface area contributed by atoms with Crippen molar-refractivity contribution >= 4 is 46.3 Å². The van der Waals surface area contributed by atoms with Crippen molar-refractivity contribution in [1.82, 2.24) is 15.2 Å². The van der Waals surface area contributed by atoms with Crippen LogP contribution in [0.2, 0.25) is 5.02 Å². The van der Waals surface area contributed by atoms with Gasteiger partial charge in [0, 0.05) is 30.2 Å². The molecule has 0 radical (unpaired) electrons. The Bertz CT molecular complexity index is 1220. The van der Waals surface area contributed by atoms with Crippen LogP contribution in [-0.2, 0) is 16.0 Å². The number of urea groups is 1. The number of carbonyl (C=O) groups is 3. The van der Waals surface area contributed by atoms with Gasteiger partial charge in [0.1, 0.15) is 18.2 Å². The lowest BCUT2D eigenvalue weighted by atomic mass is 10.1. The molecule has 3 rings (SSSR count). The van der Waals surface area contributed by atoms with Gasteiger partial charge in [-0.3, -0.25) is 5.32 Å². The summed E-state index contributed by atoms with van der Waals surface area (Å²) in [6.45, 7) is 0.129. The van der Waals surface area contributed by atoms with Crippen LogP contribution in [0.5, 0.6) is 0 Å². The predicted octanol–water partition coefficient (Wildman–Crippen LogP) is 4.20. The third-order valence-electron chi connectivity index (χ3n) is 4.82. The number of nitrogens with zero attached hydrogens (tertiary/aromatic N) is 2. The second kappa shape index (κ2) is 11.3. The van der Waals surface area contributed by atoms with Crippen molar-refractivity contribution < 1.29 is 28.2 Å². The maximum atomic E-state index is 13.4. The normalized spacial score (nSPS) is 10.5. The summed E-state index contributed by atoms with van der Waals surface area (Å²) in [5.41, 5.74) is 0.861. The molecule has 1 aromatic heterocycles. The van der Waals surface area contributed by atoms with Crippen LogP contribution in [0.1, 0.15) is 15.9 Å². The molecular formula is C23H22ClFN4O5. The number of nitrogens with one attached hydrogen (secondary N) is 2. The van der Waals surface area contributed by atoms with E-state index < -0.39 is 23.9 Å². The summed E-state index contributed by atoms with van der Waals surface area (Å²) in [6, 6.07) is 9.96. The average Bonchev–Trinajstić information content (AvgIpc) is 2.82. The number of hydrogen-bond acceptors (Lipinski definition) is 6. The fourth-order valence-electron chi connectivity index (χ4n) is 2.96. The number of fused-ring (bicyclic) bond motifs is 1. The highest BCUT2D eigenvalue weighted by atomic mass is 35.5. The zero-order valence-electron chi connectivity index (χ0n) is 18.4. The summed E-state index contributed by atoms with van der Waals surface area (Å²) >= 11 is 6.13. The van der Waals surface area contributed by atoms with Crippen molar-refractivity contribution in [3.05, 3.63) is 70.6 Å². The highest BCUT2D eigenvalue weighted by molar-refractivity contribution is 6.31. The Balaban J connectivity index is 1.44. The number of carbonyl (C=O) groups excluding carboxylic acids is 3. The third kappa shape index (κ3) is 6.55. The average molecular weight is 489 g/mol. The number of esters is 1. The van der Waals surface area contributed by atoms with Gasteiger partial charge >= 0.3 is 18.1 Å². The summed E-state index contributed by atoms with van der Waals surface area (Å²) in [6.07, 6.45) is 0.749. The molecule has 0 atom stereocenters. The molecule has 1 heterocycles. The van der Waals surface area contributed by atoms with Gasteiger partial charge in [-0.15, -0.1) is 0 Å². The number of benzene rings is 2. The van der Waals surface area contributed by atoms with Crippen LogP contribution >= 0.6 is 11.6 Å². The first-order valence-corrected chi connectivity index (χ1v) is 10.5. The van der Waals surface area contributed by atoms with E-state index in [1.54, 1.807) is 12.1 Å². The van der Waals surface area contributed by atoms with Crippen LogP contribution in [0, 0.1) is 5.82 Å². The number of halogens is 2. The standard InChI is InChI=1S/C23H22ClFN4O5/c1-29(22(31)27-13-17-9-14(21(30)33-2)4-6-19(17)24)7-8-34-23(32)28-20-11-16-10-18(25)5-3-15(16)12-26-20/h3-6,9-12H,7-8,13H2,1-2H3,(H,27,31)(H,26,28,32). The number of ether oxygens (including phenoxy) is 2. The predicted molar refractivity (Wildman–Crippen MR) is 124 cm³/mol. The molecule has 9 nitrogen and oxygen atoms in total. The van der Waals surface area contributed by atoms with Gasteiger partial charge in [0.15, 0.2) is 0 Å². The number of hydrogen-bond donors (Lipinski definition) is 2. The third-order valence-corrected chi connectivity index (χ3v) is 5.19. The summed E-state index contributed by atoms with van der Waals surface area (Å²) < 4.78 is 23.1. The largest absolute Gasteiger partial charge is 0.465 e. The minimum atomic E-state index is -0.761. The highest BCUT2D eigenvalue weighted by Crippen LogP contribution is 2.19. The Kier molecular flexibility index (Phi) is 8.20. The monoisotopic (exact) mass is 488 g/mol. The van der Waals surface area contributed by atoms with Crippen molar-refractivity contribution in [3.8, 4) is 0 Å². The summed E-state index contributed by atoms with van der Waals surface area (Å²) in [4.78, 5) is 41.4. The van der Waals surface area contributed by atoms with Crippen LogP contribution in [0.15, 0.2) is 48.7 Å². The minimum Gasteiger partial charge on any atom is -0.465 e. The molecule has 34 heavy (non-hydrogen) atoms. The van der Waals surface area contributed by atoms with E-state index in [-0.39, 0.29) is 25.5 Å². The van der Waals surface area contributed by atoms with Crippen molar-refractivity contribution in [1.29, 1.82) is 0 Å². The van der Waals surface area contributed by atoms with Crippen molar-refractivity contribution in [2.24, 2.45) is 0 Å². The Morgan fingerprint density at radius 2 is 1.91 bits per heavy atom. The molecule has 0 aliphatic heterocycles. The van der Waals surface area contributed by atoms with Gasteiger partial charge < -0.3 is 19.7 Å². The number of likely N-dealkylation sites (N-methyl/N-ethyl adjacent to an activating group) is 1. The number of rotatable bonds is 7. The maximum Gasteiger partial charge on any atom is 0.412 e. The number of methoxy groups -OCH3 is 1. The van der Waals surface area contributed by atoms with E-state index in [1.807, 2.05) is 0 Å². The number of pyridine rings is 1. The fraction of sp³-hybridized carbons (Fsp3) is 0.217. The molecule has 0 saturated carbocycles. The number of anilines is 1. The molecule has 0 aliphatic rings. The van der Waals surface area contributed by atoms with E-state index in [0.29, 0.717) is 21.5 Å². The first-order chi connectivity index (χ1) is 16.3. The minimum absolute atomic E-state index is 0.0729. The topological polar surface area (TPSA) is 110 Å². The Hall–Kier alpha value is -3.92. The molecule has 0 spiro atoms. The molecule has 0 bridgehead atoms. The van der Waals surface area contributed by atoms with Gasteiger partial charge in [-0.1, -0.05) is 11.6 Å². The summed E-state index contributed by atoms with van der Waals surface area (Å²) in [7, 11) is 2.80. The van der Waals surface area contributed by atoms with Crippen LogP contribution in [0.3, 0.4) is 0 Å². The molecule has 0 aliphatic carbocycles. The van der Waals surface area contributed by atoms with Crippen LogP contribution < -0.4 is 10.6 Å². The Morgan fingerprint density at radius 1 is 1.12 bits per heavy atom. The lowest BCUT2D eigenvalue weighted by molar-refractivity contribution is 0.0600. The van der Waals surface area contributed by atoms with Crippen LogP contribution in [-0.4, -0.2) is 55.3 Å². The lowest BCUT2D eigenvalue weighted by Gasteiger charge is -2.18. The van der Waals surface area contributed by atoms with Crippen molar-refractivity contribution in [2.45, 2.75) is 6.54 Å². The quantitative estimate of drug-likeness (QED) is 0.482. The molecule has 178 valence electrons. The zero-order chi connectivity index (χ0) is 24.7. The van der Waals surface area contributed by atoms with Crippen molar-refractivity contribution in [2.75, 3.05) is 32.6 Å². The van der Waals surface area contributed by atoms with Gasteiger partial charge in [-0.2, -0.15) is 0 Å². The number of amides is 3. The molecule has 0 fully saturated rings. The maximum absolute atomic E-state index is 13.4. The molecule has 3 aromatic rings. The second-order valence-electron chi connectivity index (χ2n) is 7.20. The van der Waals surface area contributed by atoms with Crippen LogP contribution in [0.25, 0.3) is 10.8 Å². The SMILES string of the molecule is COC(=O)c1ccc(Cl)c(CNC(=O)N(C)CCOC(=O)Nc2cc3cc(F)ccc3cn2)c1. The Morgan fingerprint density at radius 3 is 2.68 bits per heavy atom. The smallest absolute Gasteiger partial charge is 0.412 e. The van der Waals surface area contributed by atoms with Gasteiger partial charge in [0.25, 0.3) is 0 Å². The lowest BCUT2D eigenvalue weighted by Crippen LogP contribution is -2.39. The number of aromatic nitrogens is 1. The molecule has 2 N–H and O–H groups in total. The molecule has 0 saturated heterocycles. The van der Waals surface area contributed by atoms with E-state index >= 15 is 0 Å². The van der Waals surface area contributed by atoms with E-state index in [2.05, 4.69) is 20.4 Å². The van der Waals surface area contributed by atoms with Crippen LogP contribution in [0.4, 0.5) is 19.8 Å². The van der Waals surface area contributed by atoms with Crippen molar-refractivity contribution in [3.63, 3.8) is 0 Å². The molecule has 3 amide bonds. The summed E-state index contributed by atoms with van der Waals surface area (Å²) in [5.74, 6) is -0.699. The second-order valence-corrected chi connectivity index (χ2v) is 7.61. The van der Waals surface area contributed by atoms with Gasteiger partial charge in [-0.25, -0.2) is 23.8 Å². The van der Waals surface area contributed by atoms with Gasteiger partial charge in [-0.05, 0) is 53.4 Å². The van der Waals surface area contributed by atoms with Gasteiger partial charge in [0.05, 0.1) is 19.2 Å². The van der Waals surface area contributed by atoms with E-state index in [1.165, 1.54) is 55.6 Å². The summed E-state index contributed by atoms with van der Waals surface area (Å²) in [5, 5.41) is 6.84. The molecule has 2 aromatic carbocycles. The van der Waals surface area contributed by atoms with E-state index in [0.717, 1.165) is 5.39 Å². The highest BCUT2D eigenvalue weighted by Gasteiger charge is 2.13. The molecule has 0 unspecified atom stereocenters. The van der Waals surface area contributed by atoms with Gasteiger partial charge in [0.2, 0.25) is 0 Å². The fourth-order valence-corrected chi connectivity index (χ4v) is 3.14. The van der Waals surface area contributed by atoms with E-state index in [4.69, 9.17) is 16.3 Å². The first-order valence-electron chi connectivity index (χ1n) is 10.1.